The minimum Gasteiger partial charge on any atom is -0.497 e. The van der Waals surface area contributed by atoms with Crippen LogP contribution < -0.4 is 19.1 Å². The number of ether oxygens (including phenoxy) is 2. The molecular formula is C36H40FN3O6S. The smallest absolute Gasteiger partial charge is 0.264 e. The number of nitrogens with zero attached hydrogens (tertiary/aromatic N) is 2. The van der Waals surface area contributed by atoms with Crippen molar-refractivity contribution in [2.45, 2.75) is 37.8 Å². The van der Waals surface area contributed by atoms with Crippen molar-refractivity contribution in [3.05, 3.63) is 120 Å². The third-order valence-corrected chi connectivity index (χ3v) is 9.31. The van der Waals surface area contributed by atoms with Crippen molar-refractivity contribution in [1.29, 1.82) is 0 Å². The van der Waals surface area contributed by atoms with Crippen LogP contribution in [-0.2, 0) is 32.6 Å². The second-order valence-electron chi connectivity index (χ2n) is 11.3. The number of anilines is 1. The molecule has 0 fully saturated rings. The van der Waals surface area contributed by atoms with Gasteiger partial charge in [-0.05, 0) is 53.9 Å². The average Bonchev–Trinajstić information content (AvgIpc) is 3.08. The molecule has 0 saturated carbocycles. The number of rotatable bonds is 15. The standard InChI is InChI=1S/C36H40FN3O6S/c1-26(2)23-38-36(42)33(22-27-12-6-5-7-13-27)39(24-28-14-8-9-15-31(28)37)35(41)25-40(32-16-10-11-17-34(32)46-4)47(43,44)30-20-18-29(45-3)19-21-30/h5-21,26,33H,22-25H2,1-4H3,(H,38,42)/t33-/m0/s1. The van der Waals surface area contributed by atoms with Crippen molar-refractivity contribution in [3.8, 4) is 11.5 Å². The number of hydrogen-bond donors (Lipinski definition) is 1. The summed E-state index contributed by atoms with van der Waals surface area (Å²) in [5, 5.41) is 2.92. The number of para-hydroxylation sites is 2. The molecule has 0 heterocycles. The second kappa shape index (κ2) is 16.1. The van der Waals surface area contributed by atoms with Gasteiger partial charge in [-0.3, -0.25) is 13.9 Å². The van der Waals surface area contributed by atoms with Crippen LogP contribution in [-0.4, -0.2) is 58.5 Å². The van der Waals surface area contributed by atoms with Crippen molar-refractivity contribution < 1.29 is 31.9 Å². The number of amides is 2. The molecule has 0 aliphatic carbocycles. The van der Waals surface area contributed by atoms with Gasteiger partial charge in [0, 0.05) is 25.1 Å². The number of sulfonamides is 1. The first-order valence-electron chi connectivity index (χ1n) is 15.2. The molecule has 0 bridgehead atoms. The van der Waals surface area contributed by atoms with E-state index < -0.39 is 40.2 Å². The molecule has 0 aliphatic heterocycles. The summed E-state index contributed by atoms with van der Waals surface area (Å²) >= 11 is 0. The number of hydrogen-bond acceptors (Lipinski definition) is 6. The number of carbonyl (C=O) groups is 2. The van der Waals surface area contributed by atoms with E-state index in [4.69, 9.17) is 9.47 Å². The van der Waals surface area contributed by atoms with Gasteiger partial charge in [-0.25, -0.2) is 12.8 Å². The van der Waals surface area contributed by atoms with Crippen LogP contribution in [0.15, 0.2) is 108 Å². The quantitative estimate of drug-likeness (QED) is 0.182. The van der Waals surface area contributed by atoms with Gasteiger partial charge in [0.25, 0.3) is 10.0 Å². The first kappa shape index (κ1) is 35.0. The van der Waals surface area contributed by atoms with Gasteiger partial charge < -0.3 is 19.7 Å². The average molecular weight is 662 g/mol. The van der Waals surface area contributed by atoms with Gasteiger partial charge in [0.05, 0.1) is 24.8 Å². The van der Waals surface area contributed by atoms with Crippen LogP contribution in [0.1, 0.15) is 25.0 Å². The highest BCUT2D eigenvalue weighted by atomic mass is 32.2. The molecule has 47 heavy (non-hydrogen) atoms. The number of nitrogens with one attached hydrogen (secondary N) is 1. The molecule has 0 aromatic heterocycles. The highest BCUT2D eigenvalue weighted by Crippen LogP contribution is 2.33. The Labute approximate surface area is 276 Å². The number of carbonyl (C=O) groups excluding carboxylic acids is 2. The zero-order valence-electron chi connectivity index (χ0n) is 26.9. The van der Waals surface area contributed by atoms with Crippen LogP contribution in [0.3, 0.4) is 0 Å². The fourth-order valence-corrected chi connectivity index (χ4v) is 6.44. The summed E-state index contributed by atoms with van der Waals surface area (Å²) in [5.41, 5.74) is 1.07. The molecule has 4 aromatic rings. The number of methoxy groups -OCH3 is 2. The molecule has 1 N–H and O–H groups in total. The van der Waals surface area contributed by atoms with Crippen LogP contribution in [0.2, 0.25) is 0 Å². The third kappa shape index (κ3) is 8.88. The van der Waals surface area contributed by atoms with Crippen molar-refractivity contribution in [2.75, 3.05) is 31.6 Å². The summed E-state index contributed by atoms with van der Waals surface area (Å²) in [6, 6.07) is 26.3. The van der Waals surface area contributed by atoms with Crippen molar-refractivity contribution in [2.24, 2.45) is 5.92 Å². The summed E-state index contributed by atoms with van der Waals surface area (Å²) in [7, 11) is -1.50. The Bertz CT molecular complexity index is 1750. The highest BCUT2D eigenvalue weighted by molar-refractivity contribution is 7.92. The van der Waals surface area contributed by atoms with Gasteiger partial charge in [-0.1, -0.05) is 74.5 Å². The number of benzene rings is 4. The molecule has 4 rings (SSSR count). The Kier molecular flexibility index (Phi) is 12.0. The summed E-state index contributed by atoms with van der Waals surface area (Å²) in [4.78, 5) is 29.6. The van der Waals surface area contributed by atoms with E-state index in [0.717, 1.165) is 9.87 Å². The molecule has 0 spiro atoms. The fraction of sp³-hybridized carbons (Fsp3) is 0.278. The normalized spacial score (nSPS) is 11.9. The van der Waals surface area contributed by atoms with E-state index in [1.54, 1.807) is 24.3 Å². The van der Waals surface area contributed by atoms with Crippen LogP contribution in [0, 0.1) is 11.7 Å². The lowest BCUT2D eigenvalue weighted by Gasteiger charge is -2.34. The molecule has 4 aromatic carbocycles. The zero-order valence-corrected chi connectivity index (χ0v) is 27.7. The molecule has 2 amide bonds. The lowest BCUT2D eigenvalue weighted by Crippen LogP contribution is -2.53. The third-order valence-electron chi connectivity index (χ3n) is 7.53. The summed E-state index contributed by atoms with van der Waals surface area (Å²) in [6.45, 7) is 3.27. The maximum atomic E-state index is 15.1. The summed E-state index contributed by atoms with van der Waals surface area (Å²) < 4.78 is 55.3. The summed E-state index contributed by atoms with van der Waals surface area (Å²) in [6.07, 6.45) is 0.116. The van der Waals surface area contributed by atoms with Crippen LogP contribution in [0.25, 0.3) is 0 Å². The lowest BCUT2D eigenvalue weighted by atomic mass is 10.0. The van der Waals surface area contributed by atoms with Crippen LogP contribution in [0.5, 0.6) is 11.5 Å². The molecule has 1 atom stereocenters. The Hall–Kier alpha value is -4.90. The van der Waals surface area contributed by atoms with Crippen molar-refractivity contribution in [1.82, 2.24) is 10.2 Å². The molecule has 0 saturated heterocycles. The van der Waals surface area contributed by atoms with E-state index in [9.17, 15) is 18.0 Å². The predicted octanol–water partition coefficient (Wildman–Crippen LogP) is 5.45. The Morgan fingerprint density at radius 2 is 1.47 bits per heavy atom. The fourth-order valence-electron chi connectivity index (χ4n) is 5.01. The van der Waals surface area contributed by atoms with Crippen molar-refractivity contribution in [3.63, 3.8) is 0 Å². The Morgan fingerprint density at radius 3 is 2.11 bits per heavy atom. The van der Waals surface area contributed by atoms with Gasteiger partial charge in [-0.2, -0.15) is 0 Å². The van der Waals surface area contributed by atoms with Gasteiger partial charge in [-0.15, -0.1) is 0 Å². The van der Waals surface area contributed by atoms with Gasteiger partial charge in [0.15, 0.2) is 0 Å². The van der Waals surface area contributed by atoms with Crippen LogP contribution >= 0.6 is 0 Å². The molecule has 0 aliphatic rings. The van der Waals surface area contributed by atoms with E-state index in [2.05, 4.69) is 5.32 Å². The minimum atomic E-state index is -4.37. The maximum Gasteiger partial charge on any atom is 0.264 e. The first-order valence-corrected chi connectivity index (χ1v) is 16.6. The second-order valence-corrected chi connectivity index (χ2v) is 13.2. The molecule has 248 valence electrons. The van der Waals surface area contributed by atoms with Gasteiger partial charge >= 0.3 is 0 Å². The molecular weight excluding hydrogens is 621 g/mol. The largest absolute Gasteiger partial charge is 0.497 e. The van der Waals surface area contributed by atoms with E-state index in [1.165, 1.54) is 67.7 Å². The highest BCUT2D eigenvalue weighted by Gasteiger charge is 2.36. The minimum absolute atomic E-state index is 0.0897. The molecule has 11 heteroatoms. The Morgan fingerprint density at radius 1 is 0.830 bits per heavy atom. The molecule has 0 radical (unpaired) electrons. The lowest BCUT2D eigenvalue weighted by molar-refractivity contribution is -0.140. The van der Waals surface area contributed by atoms with Gasteiger partial charge in [0.2, 0.25) is 11.8 Å². The van der Waals surface area contributed by atoms with Gasteiger partial charge in [0.1, 0.15) is 29.9 Å². The molecule has 9 nitrogen and oxygen atoms in total. The van der Waals surface area contributed by atoms with E-state index in [-0.39, 0.29) is 40.8 Å². The SMILES string of the molecule is COc1ccc(S(=O)(=O)N(CC(=O)N(Cc2ccccc2F)[C@@H](Cc2ccccc2)C(=O)NCC(C)C)c2ccccc2OC)cc1. The Balaban J connectivity index is 1.83. The zero-order chi connectivity index (χ0) is 34.0. The van der Waals surface area contributed by atoms with Crippen molar-refractivity contribution >= 4 is 27.5 Å². The van der Waals surface area contributed by atoms with E-state index in [0.29, 0.717) is 12.3 Å². The summed E-state index contributed by atoms with van der Waals surface area (Å²) in [5.74, 6) is -0.905. The monoisotopic (exact) mass is 661 g/mol. The maximum absolute atomic E-state index is 15.1. The van der Waals surface area contributed by atoms with E-state index >= 15 is 4.39 Å². The topological polar surface area (TPSA) is 105 Å². The first-order chi connectivity index (χ1) is 22.5. The predicted molar refractivity (Wildman–Crippen MR) is 179 cm³/mol. The number of halogens is 1. The van der Waals surface area contributed by atoms with Crippen LogP contribution in [0.4, 0.5) is 10.1 Å². The molecule has 0 unspecified atom stereocenters. The van der Waals surface area contributed by atoms with E-state index in [1.807, 2.05) is 44.2 Å².